The summed E-state index contributed by atoms with van der Waals surface area (Å²) in [6.45, 7) is 8.25. The number of amides is 1. The van der Waals surface area contributed by atoms with Crippen LogP contribution in [0.4, 0.5) is 5.95 Å². The van der Waals surface area contributed by atoms with Gasteiger partial charge in [0, 0.05) is 76.3 Å². The second kappa shape index (κ2) is 9.52. The first-order valence-electron chi connectivity index (χ1n) is 10.2. The molecular weight excluding hydrogens is 388 g/mol. The van der Waals surface area contributed by atoms with E-state index in [0.29, 0.717) is 6.54 Å². The minimum atomic E-state index is 0.237. The topological polar surface area (TPSA) is 55.8 Å². The monoisotopic (exact) mass is 414 g/mol. The van der Waals surface area contributed by atoms with Gasteiger partial charge in [-0.1, -0.05) is 23.7 Å². The molecule has 154 valence electrons. The molecule has 29 heavy (non-hydrogen) atoms. The van der Waals surface area contributed by atoms with Crippen molar-refractivity contribution in [2.24, 2.45) is 0 Å². The van der Waals surface area contributed by atoms with Crippen molar-refractivity contribution < 1.29 is 4.79 Å². The van der Waals surface area contributed by atoms with E-state index in [-0.39, 0.29) is 5.91 Å². The number of hydrogen-bond acceptors (Lipinski definition) is 6. The highest BCUT2D eigenvalue weighted by Gasteiger charge is 2.25. The summed E-state index contributed by atoms with van der Waals surface area (Å²) in [5.41, 5.74) is 1.26. The van der Waals surface area contributed by atoms with E-state index in [2.05, 4.69) is 36.8 Å². The highest BCUT2D eigenvalue weighted by Crippen LogP contribution is 2.14. The normalized spacial score (nSPS) is 18.8. The predicted molar refractivity (Wildman–Crippen MR) is 114 cm³/mol. The van der Waals surface area contributed by atoms with Gasteiger partial charge in [-0.15, -0.1) is 0 Å². The largest absolute Gasteiger partial charge is 0.339 e. The maximum atomic E-state index is 12.7. The summed E-state index contributed by atoms with van der Waals surface area (Å²) in [5, 5.41) is 0.765. The highest BCUT2D eigenvalue weighted by atomic mass is 35.5. The van der Waals surface area contributed by atoms with Crippen LogP contribution in [0, 0.1) is 0 Å². The fraction of sp³-hybridized carbons (Fsp3) is 0.476. The molecule has 0 atom stereocenters. The second-order valence-corrected chi connectivity index (χ2v) is 8.03. The van der Waals surface area contributed by atoms with Crippen LogP contribution in [0.2, 0.25) is 5.02 Å². The number of hydrogen-bond donors (Lipinski definition) is 0. The maximum Gasteiger partial charge on any atom is 0.236 e. The summed E-state index contributed by atoms with van der Waals surface area (Å²) in [7, 11) is 0. The van der Waals surface area contributed by atoms with Crippen molar-refractivity contribution in [3.63, 3.8) is 0 Å². The first-order valence-corrected chi connectivity index (χ1v) is 10.5. The highest BCUT2D eigenvalue weighted by molar-refractivity contribution is 6.30. The third-order valence-electron chi connectivity index (χ3n) is 5.61. The van der Waals surface area contributed by atoms with Crippen LogP contribution in [0.1, 0.15) is 5.56 Å². The van der Waals surface area contributed by atoms with Crippen LogP contribution in [0.15, 0.2) is 42.7 Å². The van der Waals surface area contributed by atoms with Gasteiger partial charge in [0.05, 0.1) is 6.54 Å². The van der Waals surface area contributed by atoms with Crippen molar-refractivity contribution in [2.75, 3.05) is 63.8 Å². The number of anilines is 1. The fourth-order valence-corrected chi connectivity index (χ4v) is 3.98. The number of nitrogens with zero attached hydrogens (tertiary/aromatic N) is 6. The summed E-state index contributed by atoms with van der Waals surface area (Å²) >= 11 is 5.96. The van der Waals surface area contributed by atoms with Gasteiger partial charge in [0.15, 0.2) is 0 Å². The molecule has 0 spiro atoms. The van der Waals surface area contributed by atoms with Crippen LogP contribution in [-0.2, 0) is 11.3 Å². The molecule has 7 nitrogen and oxygen atoms in total. The summed E-state index contributed by atoms with van der Waals surface area (Å²) in [5.74, 6) is 1.01. The van der Waals surface area contributed by atoms with E-state index in [0.717, 1.165) is 69.9 Å². The molecule has 1 aromatic carbocycles. The Hall–Kier alpha value is -2.22. The molecule has 0 bridgehead atoms. The van der Waals surface area contributed by atoms with E-state index in [9.17, 15) is 4.79 Å². The number of halogens is 1. The van der Waals surface area contributed by atoms with Crippen molar-refractivity contribution in [3.8, 4) is 0 Å². The van der Waals surface area contributed by atoms with Gasteiger partial charge in [0.1, 0.15) is 0 Å². The Kier molecular flexibility index (Phi) is 6.59. The molecule has 0 N–H and O–H groups in total. The Balaban J connectivity index is 1.19. The predicted octanol–water partition coefficient (Wildman–Crippen LogP) is 1.60. The molecule has 2 aliphatic rings. The molecular formula is C21H27ClN6O. The molecule has 1 aromatic heterocycles. The number of aromatic nitrogens is 2. The van der Waals surface area contributed by atoms with Gasteiger partial charge in [-0.3, -0.25) is 14.6 Å². The van der Waals surface area contributed by atoms with E-state index in [4.69, 9.17) is 11.6 Å². The van der Waals surface area contributed by atoms with Crippen molar-refractivity contribution in [1.29, 1.82) is 0 Å². The van der Waals surface area contributed by atoms with Crippen molar-refractivity contribution in [3.05, 3.63) is 53.3 Å². The zero-order valence-electron chi connectivity index (χ0n) is 16.6. The minimum Gasteiger partial charge on any atom is -0.339 e. The Morgan fingerprint density at radius 2 is 1.48 bits per heavy atom. The smallest absolute Gasteiger partial charge is 0.236 e. The average molecular weight is 415 g/mol. The van der Waals surface area contributed by atoms with Crippen molar-refractivity contribution in [1.82, 2.24) is 24.7 Å². The Morgan fingerprint density at radius 1 is 0.862 bits per heavy atom. The third kappa shape index (κ3) is 5.44. The van der Waals surface area contributed by atoms with E-state index in [1.807, 2.05) is 23.1 Å². The van der Waals surface area contributed by atoms with Crippen LogP contribution >= 0.6 is 11.6 Å². The molecule has 0 saturated carbocycles. The van der Waals surface area contributed by atoms with Gasteiger partial charge in [0.25, 0.3) is 0 Å². The number of piperazine rings is 2. The van der Waals surface area contributed by atoms with Crippen molar-refractivity contribution >= 4 is 23.5 Å². The fourth-order valence-electron chi connectivity index (χ4n) is 3.86. The molecule has 0 aliphatic carbocycles. The summed E-state index contributed by atoms with van der Waals surface area (Å²) < 4.78 is 0. The minimum absolute atomic E-state index is 0.237. The first kappa shape index (κ1) is 20.1. The lowest BCUT2D eigenvalue weighted by molar-refractivity contribution is -0.134. The first-order chi connectivity index (χ1) is 14.2. The SMILES string of the molecule is O=C(CN1CCN(c2ncccn2)CC1)N1CCN(Cc2ccc(Cl)cc2)CC1. The van der Waals surface area contributed by atoms with Gasteiger partial charge in [0.2, 0.25) is 11.9 Å². The number of carbonyl (C=O) groups is 1. The standard InChI is InChI=1S/C21H27ClN6O/c22-19-4-2-18(3-5-19)16-25-8-12-27(13-9-25)20(29)17-26-10-14-28(15-11-26)21-23-6-1-7-24-21/h1-7H,8-17H2. The van der Waals surface area contributed by atoms with Crippen molar-refractivity contribution in [2.45, 2.75) is 6.54 Å². The quantitative estimate of drug-likeness (QED) is 0.740. The van der Waals surface area contributed by atoms with Crippen LogP contribution in [0.25, 0.3) is 0 Å². The molecule has 2 saturated heterocycles. The molecule has 1 amide bonds. The molecule has 0 unspecified atom stereocenters. The van der Waals surface area contributed by atoms with Gasteiger partial charge in [-0.2, -0.15) is 0 Å². The van der Waals surface area contributed by atoms with Crippen LogP contribution < -0.4 is 4.90 Å². The van der Waals surface area contributed by atoms with Gasteiger partial charge < -0.3 is 9.80 Å². The molecule has 4 rings (SSSR count). The average Bonchev–Trinajstić information content (AvgIpc) is 2.77. The maximum absolute atomic E-state index is 12.7. The zero-order valence-corrected chi connectivity index (χ0v) is 17.3. The molecule has 8 heteroatoms. The number of benzene rings is 1. The van der Waals surface area contributed by atoms with Crippen LogP contribution in [0.5, 0.6) is 0 Å². The lowest BCUT2D eigenvalue weighted by Crippen LogP contribution is -2.53. The van der Waals surface area contributed by atoms with Gasteiger partial charge in [-0.05, 0) is 23.8 Å². The second-order valence-electron chi connectivity index (χ2n) is 7.60. The van der Waals surface area contributed by atoms with E-state index < -0.39 is 0 Å². The van der Waals surface area contributed by atoms with E-state index in [1.165, 1.54) is 5.56 Å². The lowest BCUT2D eigenvalue weighted by Gasteiger charge is -2.38. The Bertz CT molecular complexity index is 787. The third-order valence-corrected chi connectivity index (χ3v) is 5.86. The summed E-state index contributed by atoms with van der Waals surface area (Å²) in [6, 6.07) is 9.83. The van der Waals surface area contributed by atoms with E-state index >= 15 is 0 Å². The zero-order chi connectivity index (χ0) is 20.1. The van der Waals surface area contributed by atoms with Gasteiger partial charge in [-0.25, -0.2) is 9.97 Å². The molecule has 2 fully saturated rings. The van der Waals surface area contributed by atoms with Crippen LogP contribution in [0.3, 0.4) is 0 Å². The Labute approximate surface area is 176 Å². The lowest BCUT2D eigenvalue weighted by atomic mass is 10.2. The number of rotatable bonds is 5. The van der Waals surface area contributed by atoms with Crippen LogP contribution in [-0.4, -0.2) is 89.5 Å². The summed E-state index contributed by atoms with van der Waals surface area (Å²) in [4.78, 5) is 30.2. The molecule has 3 heterocycles. The van der Waals surface area contributed by atoms with Gasteiger partial charge >= 0.3 is 0 Å². The summed E-state index contributed by atoms with van der Waals surface area (Å²) in [6.07, 6.45) is 3.54. The molecule has 0 radical (unpaired) electrons. The van der Waals surface area contributed by atoms with E-state index in [1.54, 1.807) is 12.4 Å². The number of carbonyl (C=O) groups excluding carboxylic acids is 1. The Morgan fingerprint density at radius 3 is 2.14 bits per heavy atom. The molecule has 2 aromatic rings. The molecule has 2 aliphatic heterocycles.